The first-order valence-corrected chi connectivity index (χ1v) is 11.9. The lowest BCUT2D eigenvalue weighted by atomic mass is 10.1. The Morgan fingerprint density at radius 2 is 1.81 bits per heavy atom. The smallest absolute Gasteiger partial charge is 0.323 e. The maximum Gasteiger partial charge on any atom is 0.323 e. The number of ether oxygens (including phenoxy) is 1. The van der Waals surface area contributed by atoms with Crippen molar-refractivity contribution in [1.82, 2.24) is 10.2 Å². The molecule has 37 heavy (non-hydrogen) atoms. The van der Waals surface area contributed by atoms with Crippen LogP contribution >= 0.6 is 0 Å². The summed E-state index contributed by atoms with van der Waals surface area (Å²) in [6.07, 6.45) is 9.33. The standard InChI is InChI=1S/C28H32N4O5/c1-19-7-4-5-9-23(19)30-28(36)31-24-11-10-21(17-25(24)37-3)18-26(33)29-20(2)22-8-6-14-32(15-12-22)16-13-27(34)35/h4-12,14-15,17,20H,13,16,18H2,1-3H3,(H,29,33)(H,34,35)(H2,30,31,36). The third-order valence-electron chi connectivity index (χ3n) is 5.76. The third kappa shape index (κ3) is 8.28. The Bertz CT molecular complexity index is 1230. The van der Waals surface area contributed by atoms with Crippen LogP contribution in [-0.2, 0) is 16.0 Å². The number of hydrogen-bond acceptors (Lipinski definition) is 5. The number of allylic oxidation sites excluding steroid dienone is 2. The summed E-state index contributed by atoms with van der Waals surface area (Å²) >= 11 is 0. The maximum atomic E-state index is 12.7. The molecular weight excluding hydrogens is 472 g/mol. The predicted molar refractivity (Wildman–Crippen MR) is 143 cm³/mol. The van der Waals surface area contributed by atoms with Crippen LogP contribution in [0.4, 0.5) is 16.2 Å². The van der Waals surface area contributed by atoms with E-state index in [1.54, 1.807) is 35.5 Å². The van der Waals surface area contributed by atoms with Crippen molar-refractivity contribution in [1.29, 1.82) is 0 Å². The summed E-state index contributed by atoms with van der Waals surface area (Å²) in [4.78, 5) is 37.8. The van der Waals surface area contributed by atoms with Gasteiger partial charge in [-0.1, -0.05) is 30.3 Å². The largest absolute Gasteiger partial charge is 0.495 e. The highest BCUT2D eigenvalue weighted by Crippen LogP contribution is 2.26. The van der Waals surface area contributed by atoms with Gasteiger partial charge in [-0.15, -0.1) is 0 Å². The van der Waals surface area contributed by atoms with Crippen LogP contribution in [0.25, 0.3) is 0 Å². The molecule has 4 N–H and O–H groups in total. The van der Waals surface area contributed by atoms with E-state index < -0.39 is 12.0 Å². The highest BCUT2D eigenvalue weighted by Gasteiger charge is 2.14. The van der Waals surface area contributed by atoms with Gasteiger partial charge in [0.1, 0.15) is 5.75 Å². The minimum absolute atomic E-state index is 0.0332. The number of anilines is 2. The SMILES string of the molecule is COc1cc(CC(=O)NC(C)C2=CC=CN(CCC(=O)O)C=C2)ccc1NC(=O)Nc1ccccc1C. The van der Waals surface area contributed by atoms with Crippen molar-refractivity contribution in [2.45, 2.75) is 32.7 Å². The minimum Gasteiger partial charge on any atom is -0.495 e. The summed E-state index contributed by atoms with van der Waals surface area (Å²) in [6, 6.07) is 12.0. The molecule has 1 aliphatic heterocycles. The number of hydrogen-bond donors (Lipinski definition) is 4. The number of aryl methyl sites for hydroxylation is 1. The van der Waals surface area contributed by atoms with E-state index in [-0.39, 0.29) is 24.8 Å². The summed E-state index contributed by atoms with van der Waals surface area (Å²) in [5.74, 6) is -0.581. The van der Waals surface area contributed by atoms with Gasteiger partial charge < -0.3 is 30.7 Å². The van der Waals surface area contributed by atoms with Gasteiger partial charge in [-0.25, -0.2) is 4.79 Å². The predicted octanol–water partition coefficient (Wildman–Crippen LogP) is 4.44. The Morgan fingerprint density at radius 3 is 2.54 bits per heavy atom. The molecule has 0 radical (unpaired) electrons. The van der Waals surface area contributed by atoms with Gasteiger partial charge in [-0.05, 0) is 60.9 Å². The molecule has 1 unspecified atom stereocenters. The topological polar surface area (TPSA) is 120 Å². The highest BCUT2D eigenvalue weighted by atomic mass is 16.5. The minimum atomic E-state index is -0.856. The fourth-order valence-corrected chi connectivity index (χ4v) is 3.71. The van der Waals surface area contributed by atoms with Crippen molar-refractivity contribution in [3.8, 4) is 5.75 Å². The lowest BCUT2D eigenvalue weighted by Crippen LogP contribution is -2.34. The molecule has 0 aliphatic carbocycles. The summed E-state index contributed by atoms with van der Waals surface area (Å²) in [5, 5.41) is 17.4. The van der Waals surface area contributed by atoms with Crippen LogP contribution in [0, 0.1) is 6.92 Å². The van der Waals surface area contributed by atoms with E-state index in [1.165, 1.54) is 7.11 Å². The molecule has 1 atom stereocenters. The van der Waals surface area contributed by atoms with Crippen LogP contribution in [0.2, 0.25) is 0 Å². The zero-order valence-electron chi connectivity index (χ0n) is 21.2. The lowest BCUT2D eigenvalue weighted by Gasteiger charge is -2.17. The first-order chi connectivity index (χ1) is 17.7. The van der Waals surface area contributed by atoms with Gasteiger partial charge in [0.05, 0.1) is 31.7 Å². The Labute approximate surface area is 216 Å². The van der Waals surface area contributed by atoms with Crippen molar-refractivity contribution in [2.75, 3.05) is 24.3 Å². The summed E-state index contributed by atoms with van der Waals surface area (Å²) in [7, 11) is 1.50. The summed E-state index contributed by atoms with van der Waals surface area (Å²) < 4.78 is 5.44. The van der Waals surface area contributed by atoms with Gasteiger partial charge in [0.2, 0.25) is 5.91 Å². The lowest BCUT2D eigenvalue weighted by molar-refractivity contribution is -0.137. The van der Waals surface area contributed by atoms with Gasteiger partial charge in [-0.3, -0.25) is 9.59 Å². The van der Waals surface area contributed by atoms with Crippen LogP contribution in [-0.4, -0.2) is 47.6 Å². The van der Waals surface area contributed by atoms with Crippen molar-refractivity contribution in [3.63, 3.8) is 0 Å². The molecule has 0 fully saturated rings. The van der Waals surface area contributed by atoms with E-state index in [0.29, 0.717) is 23.7 Å². The molecular formula is C28H32N4O5. The van der Waals surface area contributed by atoms with E-state index in [2.05, 4.69) is 16.0 Å². The average Bonchev–Trinajstić information content (AvgIpc) is 3.11. The monoisotopic (exact) mass is 504 g/mol. The first kappa shape index (κ1) is 27.1. The molecule has 194 valence electrons. The zero-order chi connectivity index (χ0) is 26.8. The van der Waals surface area contributed by atoms with Crippen LogP contribution < -0.4 is 20.7 Å². The molecule has 0 aromatic heterocycles. The number of carboxylic acid groups (broad SMARTS) is 1. The number of methoxy groups -OCH3 is 1. The first-order valence-electron chi connectivity index (χ1n) is 11.9. The van der Waals surface area contributed by atoms with Gasteiger partial charge in [0, 0.05) is 24.6 Å². The number of carboxylic acids is 1. The van der Waals surface area contributed by atoms with Crippen LogP contribution in [0.3, 0.4) is 0 Å². The average molecular weight is 505 g/mol. The normalized spacial score (nSPS) is 13.3. The number of rotatable bonds is 10. The molecule has 2 aromatic carbocycles. The zero-order valence-corrected chi connectivity index (χ0v) is 21.2. The second-order valence-electron chi connectivity index (χ2n) is 8.60. The van der Waals surface area contributed by atoms with Gasteiger partial charge in [-0.2, -0.15) is 0 Å². The summed E-state index contributed by atoms with van der Waals surface area (Å²) in [5.41, 5.74) is 3.76. The molecule has 9 heteroatoms. The highest BCUT2D eigenvalue weighted by molar-refractivity contribution is 6.01. The second kappa shape index (κ2) is 13.0. The van der Waals surface area contributed by atoms with Crippen LogP contribution in [0.1, 0.15) is 24.5 Å². The molecule has 0 spiro atoms. The van der Waals surface area contributed by atoms with Crippen molar-refractivity contribution < 1.29 is 24.2 Å². The van der Waals surface area contributed by atoms with Crippen LogP contribution in [0.5, 0.6) is 5.75 Å². The number of benzene rings is 2. The Hall–Kier alpha value is -4.53. The van der Waals surface area contributed by atoms with Gasteiger partial charge in [0.15, 0.2) is 0 Å². The van der Waals surface area contributed by atoms with E-state index in [0.717, 1.165) is 16.7 Å². The Balaban J connectivity index is 1.56. The summed E-state index contributed by atoms with van der Waals surface area (Å²) in [6.45, 7) is 4.16. The number of amides is 3. The molecule has 1 heterocycles. The molecule has 0 saturated carbocycles. The van der Waals surface area contributed by atoms with E-state index in [1.807, 2.05) is 56.3 Å². The van der Waals surface area contributed by atoms with Crippen molar-refractivity contribution in [3.05, 3.63) is 89.8 Å². The van der Waals surface area contributed by atoms with Gasteiger partial charge >= 0.3 is 12.0 Å². The second-order valence-corrected chi connectivity index (χ2v) is 8.60. The number of nitrogens with zero attached hydrogens (tertiary/aromatic N) is 1. The molecule has 2 aromatic rings. The van der Waals surface area contributed by atoms with E-state index in [4.69, 9.17) is 9.84 Å². The number of carbonyl (C=O) groups is 3. The van der Waals surface area contributed by atoms with Gasteiger partial charge in [0.25, 0.3) is 0 Å². The number of aliphatic carboxylic acids is 1. The quantitative estimate of drug-likeness (QED) is 0.380. The Morgan fingerprint density at radius 1 is 1.05 bits per heavy atom. The van der Waals surface area contributed by atoms with Crippen LogP contribution in [0.15, 0.2) is 78.7 Å². The molecule has 1 aliphatic rings. The maximum absolute atomic E-state index is 12.7. The van der Waals surface area contributed by atoms with Crippen molar-refractivity contribution >= 4 is 29.3 Å². The van der Waals surface area contributed by atoms with E-state index in [9.17, 15) is 14.4 Å². The fourth-order valence-electron chi connectivity index (χ4n) is 3.71. The number of para-hydroxylation sites is 1. The Kier molecular flexibility index (Phi) is 9.48. The number of urea groups is 1. The molecule has 9 nitrogen and oxygen atoms in total. The third-order valence-corrected chi connectivity index (χ3v) is 5.76. The number of carbonyl (C=O) groups excluding carboxylic acids is 2. The van der Waals surface area contributed by atoms with Crippen molar-refractivity contribution in [2.24, 2.45) is 0 Å². The molecule has 3 amide bonds. The fraction of sp³-hybridized carbons (Fsp3) is 0.250. The molecule has 3 rings (SSSR count). The molecule has 0 saturated heterocycles. The van der Waals surface area contributed by atoms with E-state index >= 15 is 0 Å². The number of nitrogens with one attached hydrogen (secondary N) is 3. The molecule has 0 bridgehead atoms.